The zero-order valence-corrected chi connectivity index (χ0v) is 15.2. The van der Waals surface area contributed by atoms with Crippen molar-refractivity contribution in [1.82, 2.24) is 16.2 Å². The number of aryl methyl sites for hydroxylation is 1. The number of hydrazine groups is 1. The van der Waals surface area contributed by atoms with Crippen LogP contribution >= 0.6 is 0 Å². The third-order valence-corrected chi connectivity index (χ3v) is 3.78. The third-order valence-electron chi connectivity index (χ3n) is 3.78. The van der Waals surface area contributed by atoms with E-state index in [0.29, 0.717) is 5.75 Å². The fourth-order valence-electron chi connectivity index (χ4n) is 2.09. The summed E-state index contributed by atoms with van der Waals surface area (Å²) in [6.07, 6.45) is -0.817. The summed E-state index contributed by atoms with van der Waals surface area (Å²) in [5.41, 5.74) is 11.6. The third kappa shape index (κ3) is 5.98. The molecule has 0 aliphatic heterocycles. The van der Waals surface area contributed by atoms with Gasteiger partial charge in [0.05, 0.1) is 0 Å². The molecule has 25 heavy (non-hydrogen) atoms. The van der Waals surface area contributed by atoms with Gasteiger partial charge in [0.1, 0.15) is 11.8 Å². The number of nitrogens with one attached hydrogen (secondary N) is 3. The van der Waals surface area contributed by atoms with Gasteiger partial charge in [0.15, 0.2) is 6.10 Å². The van der Waals surface area contributed by atoms with Gasteiger partial charge in [-0.05, 0) is 43.9 Å². The van der Waals surface area contributed by atoms with Gasteiger partial charge in [-0.1, -0.05) is 26.0 Å². The Balaban J connectivity index is 2.61. The van der Waals surface area contributed by atoms with E-state index in [0.717, 1.165) is 11.1 Å². The van der Waals surface area contributed by atoms with E-state index in [4.69, 9.17) is 10.5 Å². The Labute approximate surface area is 147 Å². The first-order valence-electron chi connectivity index (χ1n) is 8.02. The minimum Gasteiger partial charge on any atom is -0.481 e. The summed E-state index contributed by atoms with van der Waals surface area (Å²) < 4.78 is 5.64. The molecule has 0 saturated carbocycles. The van der Waals surface area contributed by atoms with Crippen LogP contribution in [0, 0.1) is 19.8 Å². The Bertz CT molecular complexity index is 646. The van der Waals surface area contributed by atoms with Crippen LogP contribution in [0.15, 0.2) is 18.2 Å². The molecule has 4 amide bonds. The zero-order chi connectivity index (χ0) is 19.1. The molecular weight excluding hydrogens is 324 g/mol. The Morgan fingerprint density at radius 1 is 1.04 bits per heavy atom. The zero-order valence-electron chi connectivity index (χ0n) is 15.2. The quantitative estimate of drug-likeness (QED) is 0.570. The van der Waals surface area contributed by atoms with Gasteiger partial charge in [-0.3, -0.25) is 20.4 Å². The average Bonchev–Trinajstić information content (AvgIpc) is 2.53. The molecule has 138 valence electrons. The molecular formula is C17H26N4O4. The molecule has 0 aliphatic rings. The molecule has 1 rings (SSSR count). The number of carbonyl (C=O) groups excluding carboxylic acids is 3. The van der Waals surface area contributed by atoms with E-state index in [1.165, 1.54) is 0 Å². The van der Waals surface area contributed by atoms with Gasteiger partial charge in [-0.25, -0.2) is 4.79 Å². The van der Waals surface area contributed by atoms with Gasteiger partial charge in [0.25, 0.3) is 11.8 Å². The van der Waals surface area contributed by atoms with E-state index >= 15 is 0 Å². The van der Waals surface area contributed by atoms with Crippen LogP contribution in [-0.2, 0) is 9.59 Å². The maximum absolute atomic E-state index is 12.1. The van der Waals surface area contributed by atoms with Gasteiger partial charge in [0.2, 0.25) is 0 Å². The molecule has 0 saturated heterocycles. The molecule has 8 heteroatoms. The molecule has 0 aromatic heterocycles. The monoisotopic (exact) mass is 350 g/mol. The number of rotatable bonds is 6. The summed E-state index contributed by atoms with van der Waals surface area (Å²) in [6, 6.07) is 3.90. The highest BCUT2D eigenvalue weighted by atomic mass is 16.5. The summed E-state index contributed by atoms with van der Waals surface area (Å²) in [7, 11) is 0. The van der Waals surface area contributed by atoms with E-state index in [9.17, 15) is 14.4 Å². The average molecular weight is 350 g/mol. The van der Waals surface area contributed by atoms with Crippen LogP contribution < -0.4 is 26.6 Å². The van der Waals surface area contributed by atoms with Gasteiger partial charge in [0, 0.05) is 0 Å². The van der Waals surface area contributed by atoms with Gasteiger partial charge in [-0.2, -0.15) is 0 Å². The highest BCUT2D eigenvalue weighted by Crippen LogP contribution is 2.21. The van der Waals surface area contributed by atoms with Gasteiger partial charge in [-0.15, -0.1) is 0 Å². The van der Waals surface area contributed by atoms with Crippen molar-refractivity contribution in [2.45, 2.75) is 46.8 Å². The lowest BCUT2D eigenvalue weighted by Gasteiger charge is -2.22. The minimum atomic E-state index is -0.854. The summed E-state index contributed by atoms with van der Waals surface area (Å²) >= 11 is 0. The number of primary amides is 1. The van der Waals surface area contributed by atoms with Crippen LogP contribution in [0.25, 0.3) is 0 Å². The normalized spacial score (nSPS) is 12.9. The maximum atomic E-state index is 12.1. The second kappa shape index (κ2) is 8.91. The van der Waals surface area contributed by atoms with E-state index < -0.39 is 30.0 Å². The van der Waals surface area contributed by atoms with Crippen molar-refractivity contribution < 1.29 is 19.1 Å². The highest BCUT2D eigenvalue weighted by molar-refractivity contribution is 5.89. The first kappa shape index (κ1) is 20.3. The Morgan fingerprint density at radius 2 is 1.64 bits per heavy atom. The van der Waals surface area contributed by atoms with Crippen LogP contribution in [0.4, 0.5) is 4.79 Å². The lowest BCUT2D eigenvalue weighted by Crippen LogP contribution is -2.56. The molecule has 8 nitrogen and oxygen atoms in total. The summed E-state index contributed by atoms with van der Waals surface area (Å²) in [4.78, 5) is 35.1. The molecule has 0 fully saturated rings. The SMILES string of the molecule is Cc1cccc(O[C@H](C)C(=O)NNC(=O)[C@@H](NC(N)=O)C(C)C)c1C. The largest absolute Gasteiger partial charge is 0.481 e. The summed E-state index contributed by atoms with van der Waals surface area (Å²) in [5, 5.41) is 2.33. The number of hydrogen-bond donors (Lipinski definition) is 4. The maximum Gasteiger partial charge on any atom is 0.312 e. The predicted molar refractivity (Wildman–Crippen MR) is 93.6 cm³/mol. The van der Waals surface area contributed by atoms with E-state index in [-0.39, 0.29) is 5.92 Å². The molecule has 5 N–H and O–H groups in total. The number of amides is 4. The van der Waals surface area contributed by atoms with E-state index in [2.05, 4.69) is 16.2 Å². The highest BCUT2D eigenvalue weighted by Gasteiger charge is 2.24. The van der Waals surface area contributed by atoms with Crippen molar-refractivity contribution in [3.8, 4) is 5.75 Å². The predicted octanol–water partition coefficient (Wildman–Crippen LogP) is 0.911. The molecule has 1 aromatic carbocycles. The van der Waals surface area contributed by atoms with Crippen LogP contribution in [0.3, 0.4) is 0 Å². The Kier molecular flexibility index (Phi) is 7.22. The molecule has 0 unspecified atom stereocenters. The molecule has 0 radical (unpaired) electrons. The number of urea groups is 1. The van der Waals surface area contributed by atoms with E-state index in [1.807, 2.05) is 26.0 Å². The van der Waals surface area contributed by atoms with Crippen molar-refractivity contribution in [3.63, 3.8) is 0 Å². The fourth-order valence-corrected chi connectivity index (χ4v) is 2.09. The first-order valence-corrected chi connectivity index (χ1v) is 8.02. The summed E-state index contributed by atoms with van der Waals surface area (Å²) in [6.45, 7) is 8.91. The molecule has 0 bridgehead atoms. The van der Waals surface area contributed by atoms with Crippen molar-refractivity contribution in [3.05, 3.63) is 29.3 Å². The van der Waals surface area contributed by atoms with Crippen molar-refractivity contribution >= 4 is 17.8 Å². The van der Waals surface area contributed by atoms with Crippen LogP contribution in [0.5, 0.6) is 5.75 Å². The van der Waals surface area contributed by atoms with Crippen molar-refractivity contribution in [2.24, 2.45) is 11.7 Å². The number of ether oxygens (including phenoxy) is 1. The molecule has 0 aliphatic carbocycles. The molecule has 0 heterocycles. The molecule has 1 aromatic rings. The number of carbonyl (C=O) groups is 3. The van der Waals surface area contributed by atoms with Crippen molar-refractivity contribution in [1.29, 1.82) is 0 Å². The minimum absolute atomic E-state index is 0.201. The molecule has 0 spiro atoms. The molecule has 2 atom stereocenters. The van der Waals surface area contributed by atoms with Gasteiger partial charge < -0.3 is 15.8 Å². The smallest absolute Gasteiger partial charge is 0.312 e. The second-order valence-corrected chi connectivity index (χ2v) is 6.17. The number of benzene rings is 1. The lowest BCUT2D eigenvalue weighted by atomic mass is 10.0. The van der Waals surface area contributed by atoms with Crippen LogP contribution in [0.2, 0.25) is 0 Å². The van der Waals surface area contributed by atoms with Crippen LogP contribution in [-0.4, -0.2) is 30.0 Å². The Hall–Kier alpha value is -2.77. The number of nitrogens with two attached hydrogens (primary N) is 1. The van der Waals surface area contributed by atoms with Gasteiger partial charge >= 0.3 is 6.03 Å². The van der Waals surface area contributed by atoms with E-state index in [1.54, 1.807) is 26.8 Å². The Morgan fingerprint density at radius 3 is 2.20 bits per heavy atom. The lowest BCUT2D eigenvalue weighted by molar-refractivity contribution is -0.133. The first-order chi connectivity index (χ1) is 11.6. The summed E-state index contributed by atoms with van der Waals surface area (Å²) in [5.74, 6) is -0.686. The van der Waals surface area contributed by atoms with Crippen LogP contribution in [0.1, 0.15) is 31.9 Å². The fraction of sp³-hybridized carbons (Fsp3) is 0.471. The second-order valence-electron chi connectivity index (χ2n) is 6.17. The standard InChI is InChI=1S/C17H26N4O4/c1-9(2)14(19-17(18)24)16(23)21-20-15(22)12(5)25-13-8-6-7-10(3)11(13)4/h6-9,12,14H,1-5H3,(H,20,22)(H,21,23)(H3,18,19,24)/t12-,14+/m1/s1. The number of hydrogen-bond acceptors (Lipinski definition) is 4. The van der Waals surface area contributed by atoms with Crippen molar-refractivity contribution in [2.75, 3.05) is 0 Å². The topological polar surface area (TPSA) is 123 Å².